The Morgan fingerprint density at radius 2 is 1.79 bits per heavy atom. The number of rotatable bonds is 6. The molecule has 3 aromatic rings. The van der Waals surface area contributed by atoms with Crippen LogP contribution in [0.25, 0.3) is 0 Å². The fraction of sp³-hybridized carbons (Fsp3) is 0.240. The van der Waals surface area contributed by atoms with Crippen molar-refractivity contribution in [3.63, 3.8) is 0 Å². The Morgan fingerprint density at radius 1 is 1.06 bits per heavy atom. The molecule has 0 aliphatic carbocycles. The molecule has 1 heterocycles. The molecule has 1 aliphatic heterocycles. The van der Waals surface area contributed by atoms with Crippen LogP contribution in [0.3, 0.4) is 0 Å². The summed E-state index contributed by atoms with van der Waals surface area (Å²) in [5.74, 6) is 0. The van der Waals surface area contributed by atoms with E-state index in [4.69, 9.17) is 23.2 Å². The van der Waals surface area contributed by atoms with Crippen LogP contribution in [0.4, 0.5) is 5.69 Å². The molecule has 5 nitrogen and oxygen atoms in total. The van der Waals surface area contributed by atoms with Crippen LogP contribution < -0.4 is 4.90 Å². The van der Waals surface area contributed by atoms with Crippen molar-refractivity contribution in [3.8, 4) is 6.07 Å². The summed E-state index contributed by atoms with van der Waals surface area (Å²) < 4.78 is 28.0. The third-order valence-corrected chi connectivity index (χ3v) is 8.71. The van der Waals surface area contributed by atoms with Crippen LogP contribution in [0.2, 0.25) is 10.0 Å². The predicted octanol–water partition coefficient (Wildman–Crippen LogP) is 5.64. The Hall–Kier alpha value is -2.56. The highest BCUT2D eigenvalue weighted by molar-refractivity contribution is 7.89. The van der Waals surface area contributed by atoms with Gasteiger partial charge in [-0.1, -0.05) is 59.6 Å². The molecule has 1 atom stereocenters. The molecule has 33 heavy (non-hydrogen) atoms. The van der Waals surface area contributed by atoms with Crippen LogP contribution in [0.5, 0.6) is 0 Å². The largest absolute Gasteiger partial charge is 0.363 e. The second-order valence-electron chi connectivity index (χ2n) is 8.07. The summed E-state index contributed by atoms with van der Waals surface area (Å²) in [6.07, 6.45) is 0.660. The molecule has 1 aliphatic rings. The van der Waals surface area contributed by atoms with Gasteiger partial charge in [0.1, 0.15) is 11.0 Å². The highest BCUT2D eigenvalue weighted by atomic mass is 35.5. The molecule has 0 spiro atoms. The van der Waals surface area contributed by atoms with Gasteiger partial charge < -0.3 is 4.90 Å². The molecule has 0 amide bonds. The second kappa shape index (κ2) is 9.74. The molecule has 0 unspecified atom stereocenters. The summed E-state index contributed by atoms with van der Waals surface area (Å²) in [5, 5.41) is 9.85. The van der Waals surface area contributed by atoms with Gasteiger partial charge in [-0.25, -0.2) is 8.42 Å². The first-order valence-corrected chi connectivity index (χ1v) is 12.8. The summed E-state index contributed by atoms with van der Waals surface area (Å²) in [5.41, 5.74) is 3.56. The Labute approximate surface area is 204 Å². The number of nitriles is 1. The molecule has 4 rings (SSSR count). The maximum absolute atomic E-state index is 13.3. The van der Waals surface area contributed by atoms with E-state index in [9.17, 15) is 13.7 Å². The maximum Gasteiger partial charge on any atom is 0.244 e. The van der Waals surface area contributed by atoms with Crippen LogP contribution in [-0.4, -0.2) is 31.9 Å². The number of anilines is 1. The Balaban J connectivity index is 1.67. The Bertz CT molecular complexity index is 1320. The molecule has 170 valence electrons. The lowest BCUT2D eigenvalue weighted by atomic mass is 10.1. The number of aryl methyl sites for hydroxylation is 1. The van der Waals surface area contributed by atoms with Gasteiger partial charge in [0.25, 0.3) is 0 Å². The predicted molar refractivity (Wildman–Crippen MR) is 132 cm³/mol. The van der Waals surface area contributed by atoms with Crippen LogP contribution in [-0.2, 0) is 16.6 Å². The SMILES string of the molecule is Cc1ccccc1CN(c1ccc(C#N)c(Cl)c1)[C@H]1CCN(S(=O)(=O)c2ccccc2Cl)C1. The summed E-state index contributed by atoms with van der Waals surface area (Å²) in [6.45, 7) is 3.38. The van der Waals surface area contributed by atoms with Crippen LogP contribution in [0, 0.1) is 18.3 Å². The third-order valence-electron chi connectivity index (χ3n) is 6.03. The topological polar surface area (TPSA) is 64.4 Å². The van der Waals surface area contributed by atoms with E-state index in [-0.39, 0.29) is 16.0 Å². The van der Waals surface area contributed by atoms with Gasteiger partial charge in [-0.3, -0.25) is 0 Å². The van der Waals surface area contributed by atoms with Gasteiger partial charge in [0.2, 0.25) is 10.0 Å². The summed E-state index contributed by atoms with van der Waals surface area (Å²) in [7, 11) is -3.71. The number of sulfonamides is 1. The first-order chi connectivity index (χ1) is 15.8. The minimum atomic E-state index is -3.71. The summed E-state index contributed by atoms with van der Waals surface area (Å²) in [4.78, 5) is 2.30. The molecule has 3 aromatic carbocycles. The van der Waals surface area contributed by atoms with Gasteiger partial charge in [0.15, 0.2) is 0 Å². The first-order valence-electron chi connectivity index (χ1n) is 10.6. The Morgan fingerprint density at radius 3 is 2.48 bits per heavy atom. The average molecular weight is 500 g/mol. The molecule has 0 radical (unpaired) electrons. The number of benzene rings is 3. The van der Waals surface area contributed by atoms with E-state index in [1.807, 2.05) is 18.2 Å². The monoisotopic (exact) mass is 499 g/mol. The fourth-order valence-corrected chi connectivity index (χ4v) is 6.35. The molecule has 8 heteroatoms. The van der Waals surface area contributed by atoms with Crippen molar-refractivity contribution >= 4 is 38.9 Å². The molecular formula is C25H23Cl2N3O2S. The minimum Gasteiger partial charge on any atom is -0.363 e. The lowest BCUT2D eigenvalue weighted by Gasteiger charge is -2.32. The van der Waals surface area contributed by atoms with Crippen LogP contribution in [0.15, 0.2) is 71.6 Å². The zero-order valence-corrected chi connectivity index (χ0v) is 20.4. The lowest BCUT2D eigenvalue weighted by Crippen LogP contribution is -2.39. The number of hydrogen-bond donors (Lipinski definition) is 0. The smallest absolute Gasteiger partial charge is 0.244 e. The van der Waals surface area contributed by atoms with Crippen molar-refractivity contribution in [2.75, 3.05) is 18.0 Å². The van der Waals surface area contributed by atoms with E-state index in [2.05, 4.69) is 30.0 Å². The van der Waals surface area contributed by atoms with Crippen molar-refractivity contribution in [1.29, 1.82) is 5.26 Å². The highest BCUT2D eigenvalue weighted by Crippen LogP contribution is 2.32. The minimum absolute atomic E-state index is 0.0640. The molecule has 1 saturated heterocycles. The van der Waals surface area contributed by atoms with Crippen molar-refractivity contribution in [1.82, 2.24) is 4.31 Å². The molecule has 1 fully saturated rings. The average Bonchev–Trinajstić information content (AvgIpc) is 3.29. The van der Waals surface area contributed by atoms with E-state index in [1.54, 1.807) is 30.3 Å². The number of halogens is 2. The van der Waals surface area contributed by atoms with Gasteiger partial charge in [0, 0.05) is 31.4 Å². The molecule has 0 bridgehead atoms. The zero-order chi connectivity index (χ0) is 23.6. The maximum atomic E-state index is 13.3. The first kappa shape index (κ1) is 23.6. The molecular weight excluding hydrogens is 477 g/mol. The van der Waals surface area contributed by atoms with Gasteiger partial charge in [-0.2, -0.15) is 9.57 Å². The Kier molecular flexibility index (Phi) is 6.96. The normalized spacial score (nSPS) is 16.5. The van der Waals surface area contributed by atoms with Crippen molar-refractivity contribution in [3.05, 3.63) is 93.5 Å². The van der Waals surface area contributed by atoms with E-state index in [1.165, 1.54) is 10.4 Å². The molecule has 0 saturated carbocycles. The highest BCUT2D eigenvalue weighted by Gasteiger charge is 2.36. The second-order valence-corrected chi connectivity index (χ2v) is 10.8. The standard InChI is InChI=1S/C25H23Cl2N3O2S/c1-18-6-2-3-7-20(18)16-30(21-11-10-19(15-28)24(27)14-21)22-12-13-29(17-22)33(31,32)25-9-5-4-8-23(25)26/h2-11,14,22H,12-13,16-17H2,1H3/t22-/m0/s1. The zero-order valence-electron chi connectivity index (χ0n) is 18.1. The lowest BCUT2D eigenvalue weighted by molar-refractivity contribution is 0.468. The van der Waals surface area contributed by atoms with Gasteiger partial charge >= 0.3 is 0 Å². The van der Waals surface area contributed by atoms with Crippen molar-refractivity contribution in [2.45, 2.75) is 30.8 Å². The van der Waals surface area contributed by atoms with E-state index in [0.29, 0.717) is 36.6 Å². The van der Waals surface area contributed by atoms with Gasteiger partial charge in [-0.15, -0.1) is 0 Å². The van der Waals surface area contributed by atoms with Crippen LogP contribution >= 0.6 is 23.2 Å². The third kappa shape index (κ3) is 4.87. The number of nitrogens with zero attached hydrogens (tertiary/aromatic N) is 3. The fourth-order valence-electron chi connectivity index (χ4n) is 4.15. The van der Waals surface area contributed by atoms with Crippen molar-refractivity contribution in [2.24, 2.45) is 0 Å². The van der Waals surface area contributed by atoms with E-state index >= 15 is 0 Å². The summed E-state index contributed by atoms with van der Waals surface area (Å²) in [6, 6.07) is 22.0. The van der Waals surface area contributed by atoms with Crippen LogP contribution in [0.1, 0.15) is 23.1 Å². The quantitative estimate of drug-likeness (QED) is 0.439. The molecule has 0 aromatic heterocycles. The van der Waals surface area contributed by atoms with Gasteiger partial charge in [-0.05, 0) is 54.8 Å². The van der Waals surface area contributed by atoms with Crippen molar-refractivity contribution < 1.29 is 8.42 Å². The van der Waals surface area contributed by atoms with E-state index in [0.717, 1.165) is 16.8 Å². The molecule has 0 N–H and O–H groups in total. The number of hydrogen-bond acceptors (Lipinski definition) is 4. The van der Waals surface area contributed by atoms with E-state index < -0.39 is 10.0 Å². The summed E-state index contributed by atoms with van der Waals surface area (Å²) >= 11 is 12.5. The van der Waals surface area contributed by atoms with Gasteiger partial charge in [0.05, 0.1) is 15.6 Å².